The van der Waals surface area contributed by atoms with Gasteiger partial charge in [0.15, 0.2) is 0 Å². The minimum atomic E-state index is -5.21. The molecule has 0 aromatic carbocycles. The van der Waals surface area contributed by atoms with Crippen molar-refractivity contribution in [2.75, 3.05) is 6.54 Å². The van der Waals surface area contributed by atoms with Crippen molar-refractivity contribution in [2.45, 2.75) is 30.8 Å². The summed E-state index contributed by atoms with van der Waals surface area (Å²) in [6.07, 6.45) is -4.43. The summed E-state index contributed by atoms with van der Waals surface area (Å²) in [5, 5.41) is 10.6. The Morgan fingerprint density at radius 1 is 1.44 bits per heavy atom. The van der Waals surface area contributed by atoms with Crippen molar-refractivity contribution < 1.29 is 27.9 Å². The van der Waals surface area contributed by atoms with Crippen molar-refractivity contribution in [3.8, 4) is 0 Å². The maximum Gasteiger partial charge on any atom is 0.446 e. The van der Waals surface area contributed by atoms with Crippen LogP contribution < -0.4 is 5.32 Å². The van der Waals surface area contributed by atoms with E-state index in [2.05, 4.69) is 0 Å². The number of fused-ring (bicyclic) bond motifs is 1. The predicted molar refractivity (Wildman–Crippen MR) is 43.9 cm³/mol. The van der Waals surface area contributed by atoms with Gasteiger partial charge in [-0.1, -0.05) is 0 Å². The van der Waals surface area contributed by atoms with Gasteiger partial charge in [-0.05, 0) is 12.8 Å². The molecular formula is C8H9F3N2O3. The van der Waals surface area contributed by atoms with Crippen LogP contribution in [0.5, 0.6) is 0 Å². The van der Waals surface area contributed by atoms with Crippen LogP contribution in [-0.4, -0.2) is 46.3 Å². The first kappa shape index (κ1) is 11.2. The van der Waals surface area contributed by atoms with Crippen molar-refractivity contribution in [2.24, 2.45) is 0 Å². The third-order valence-electron chi connectivity index (χ3n) is 2.84. The van der Waals surface area contributed by atoms with Crippen LogP contribution in [0, 0.1) is 0 Å². The number of nitrogens with zero attached hydrogens (tertiary/aromatic N) is 1. The Morgan fingerprint density at radius 2 is 2.06 bits per heavy atom. The lowest BCUT2D eigenvalue weighted by molar-refractivity contribution is -0.270. The van der Waals surface area contributed by atoms with Gasteiger partial charge in [-0.2, -0.15) is 13.2 Å². The van der Waals surface area contributed by atoms with Crippen molar-refractivity contribution in [1.82, 2.24) is 10.2 Å². The summed E-state index contributed by atoms with van der Waals surface area (Å²) in [5.41, 5.74) is -3.77. The summed E-state index contributed by atoms with van der Waals surface area (Å²) < 4.78 is 37.5. The lowest BCUT2D eigenvalue weighted by atomic mass is 10.0. The number of rotatable bonds is 0. The molecule has 0 bridgehead atoms. The molecule has 0 radical (unpaired) electrons. The molecule has 0 aliphatic carbocycles. The van der Waals surface area contributed by atoms with Gasteiger partial charge in [0.2, 0.25) is 5.91 Å². The van der Waals surface area contributed by atoms with E-state index < -0.39 is 29.8 Å². The molecule has 2 saturated heterocycles. The second-order valence-corrected chi connectivity index (χ2v) is 3.85. The predicted octanol–water partition coefficient (Wildman–Crippen LogP) is -0.642. The molecule has 90 valence electrons. The number of carbonyl (C=O) groups excluding carboxylic acids is 2. The van der Waals surface area contributed by atoms with E-state index >= 15 is 0 Å². The molecule has 2 rings (SSSR count). The lowest BCUT2D eigenvalue weighted by Gasteiger charge is -2.40. The number of alkyl halides is 3. The zero-order chi connectivity index (χ0) is 12.1. The summed E-state index contributed by atoms with van der Waals surface area (Å²) >= 11 is 0. The third-order valence-corrected chi connectivity index (χ3v) is 2.84. The fourth-order valence-corrected chi connectivity index (χ4v) is 2.00. The summed E-state index contributed by atoms with van der Waals surface area (Å²) in [4.78, 5) is 23.6. The van der Waals surface area contributed by atoms with Gasteiger partial charge in [-0.3, -0.25) is 9.59 Å². The maximum absolute atomic E-state index is 12.5. The molecule has 0 aromatic heterocycles. The van der Waals surface area contributed by atoms with E-state index in [-0.39, 0.29) is 6.54 Å². The van der Waals surface area contributed by atoms with Gasteiger partial charge < -0.3 is 15.3 Å². The Balaban J connectivity index is 2.37. The number of amides is 2. The highest BCUT2D eigenvalue weighted by molar-refractivity contribution is 5.99. The van der Waals surface area contributed by atoms with Crippen LogP contribution >= 0.6 is 0 Å². The van der Waals surface area contributed by atoms with E-state index in [1.165, 1.54) is 5.32 Å². The number of hydrogen-bond donors (Lipinski definition) is 2. The fourth-order valence-electron chi connectivity index (χ4n) is 2.00. The standard InChI is InChI=1S/C8H9F3N2O3/c9-8(10,11)7(16)6(15)13-3-1-2-4(13)5(14)12-7/h4,16H,1-3H2,(H,12,14)/t4-,7-/m0/s1. The van der Waals surface area contributed by atoms with Gasteiger partial charge in [0.1, 0.15) is 6.04 Å². The van der Waals surface area contributed by atoms with Crippen molar-refractivity contribution in [3.63, 3.8) is 0 Å². The van der Waals surface area contributed by atoms with Gasteiger partial charge in [-0.15, -0.1) is 0 Å². The summed E-state index contributed by atoms with van der Waals surface area (Å²) in [6.45, 7) is 0.0648. The average molecular weight is 238 g/mol. The van der Waals surface area contributed by atoms with Gasteiger partial charge in [0.25, 0.3) is 5.91 Å². The zero-order valence-corrected chi connectivity index (χ0v) is 8.04. The van der Waals surface area contributed by atoms with Gasteiger partial charge >= 0.3 is 11.9 Å². The average Bonchev–Trinajstić information content (AvgIpc) is 2.61. The second kappa shape index (κ2) is 3.09. The maximum atomic E-state index is 12.5. The molecule has 5 nitrogen and oxygen atoms in total. The van der Waals surface area contributed by atoms with Crippen molar-refractivity contribution >= 4 is 11.8 Å². The largest absolute Gasteiger partial charge is 0.446 e. The fraction of sp³-hybridized carbons (Fsp3) is 0.750. The minimum Gasteiger partial charge on any atom is -0.356 e. The lowest BCUT2D eigenvalue weighted by Crippen LogP contribution is -2.74. The molecule has 2 N–H and O–H groups in total. The number of piperazine rings is 1. The van der Waals surface area contributed by atoms with E-state index in [0.717, 1.165) is 4.90 Å². The number of hydrogen-bond acceptors (Lipinski definition) is 3. The van der Waals surface area contributed by atoms with E-state index in [9.17, 15) is 27.9 Å². The Hall–Kier alpha value is -1.31. The number of halogens is 3. The minimum absolute atomic E-state index is 0.0648. The normalized spacial score (nSPS) is 35.0. The number of nitrogens with one attached hydrogen (secondary N) is 1. The molecule has 0 aromatic rings. The van der Waals surface area contributed by atoms with Gasteiger partial charge in [-0.25, -0.2) is 0 Å². The van der Waals surface area contributed by atoms with Crippen molar-refractivity contribution in [1.29, 1.82) is 0 Å². The highest BCUT2D eigenvalue weighted by atomic mass is 19.4. The van der Waals surface area contributed by atoms with Crippen LogP contribution in [0.25, 0.3) is 0 Å². The van der Waals surface area contributed by atoms with E-state index in [1.54, 1.807) is 0 Å². The molecule has 2 aliphatic rings. The van der Waals surface area contributed by atoms with E-state index in [4.69, 9.17) is 0 Å². The molecule has 2 fully saturated rings. The molecule has 2 amide bonds. The SMILES string of the molecule is O=C1N[C@@](O)(C(F)(F)F)C(=O)N2CCC[C@@H]12. The monoisotopic (exact) mass is 238 g/mol. The first-order valence-corrected chi connectivity index (χ1v) is 4.69. The van der Waals surface area contributed by atoms with Crippen molar-refractivity contribution in [3.05, 3.63) is 0 Å². The summed E-state index contributed by atoms with van der Waals surface area (Å²) in [6, 6.07) is -0.880. The van der Waals surface area contributed by atoms with Crippen LogP contribution in [0.1, 0.15) is 12.8 Å². The Morgan fingerprint density at radius 3 is 2.62 bits per heavy atom. The Kier molecular flexibility index (Phi) is 2.16. The number of carbonyl (C=O) groups is 2. The zero-order valence-electron chi connectivity index (χ0n) is 8.04. The highest BCUT2D eigenvalue weighted by Crippen LogP contribution is 2.35. The molecule has 0 unspecified atom stereocenters. The van der Waals surface area contributed by atoms with Crippen LogP contribution in [0.2, 0.25) is 0 Å². The Labute approximate surface area is 88.2 Å². The van der Waals surface area contributed by atoms with Gasteiger partial charge in [0, 0.05) is 6.54 Å². The molecule has 8 heteroatoms. The van der Waals surface area contributed by atoms with Crippen LogP contribution in [0.15, 0.2) is 0 Å². The first-order valence-electron chi connectivity index (χ1n) is 4.69. The molecule has 2 aliphatic heterocycles. The summed E-state index contributed by atoms with van der Waals surface area (Å²) in [5.74, 6) is -2.46. The smallest absolute Gasteiger partial charge is 0.356 e. The highest BCUT2D eigenvalue weighted by Gasteiger charge is 2.66. The molecule has 16 heavy (non-hydrogen) atoms. The molecule has 0 saturated carbocycles. The van der Waals surface area contributed by atoms with Crippen LogP contribution in [0.3, 0.4) is 0 Å². The first-order chi connectivity index (χ1) is 7.27. The number of aliphatic hydroxyl groups is 1. The van der Waals surface area contributed by atoms with Crippen LogP contribution in [-0.2, 0) is 9.59 Å². The molecule has 0 spiro atoms. The van der Waals surface area contributed by atoms with Gasteiger partial charge in [0.05, 0.1) is 0 Å². The van der Waals surface area contributed by atoms with E-state index in [0.29, 0.717) is 12.8 Å². The Bertz CT molecular complexity index is 357. The summed E-state index contributed by atoms with van der Waals surface area (Å²) in [7, 11) is 0. The molecular weight excluding hydrogens is 229 g/mol. The van der Waals surface area contributed by atoms with E-state index in [1.807, 2.05) is 0 Å². The third kappa shape index (κ3) is 1.29. The quantitative estimate of drug-likeness (QED) is 0.589. The second-order valence-electron chi connectivity index (χ2n) is 3.85. The molecule has 2 heterocycles. The van der Waals surface area contributed by atoms with Crippen LogP contribution in [0.4, 0.5) is 13.2 Å². The topological polar surface area (TPSA) is 69.6 Å². The molecule has 2 atom stereocenters.